The number of piperidine rings is 1. The number of hydrogen-bond acceptors (Lipinski definition) is 4. The molecule has 142 valence electrons. The van der Waals surface area contributed by atoms with Gasteiger partial charge in [0.05, 0.1) is 12.5 Å². The van der Waals surface area contributed by atoms with Crippen LogP contribution < -0.4 is 0 Å². The van der Waals surface area contributed by atoms with Crippen molar-refractivity contribution < 1.29 is 9.53 Å². The van der Waals surface area contributed by atoms with Gasteiger partial charge in [0.1, 0.15) is 0 Å². The lowest BCUT2D eigenvalue weighted by atomic mass is 9.48. The fourth-order valence-electron chi connectivity index (χ4n) is 5.97. The van der Waals surface area contributed by atoms with Crippen LogP contribution in [-0.2, 0) is 16.1 Å². The number of likely N-dealkylation sites (tertiary alicyclic amines) is 2. The molecule has 3 fully saturated rings. The topological polar surface area (TPSA) is 32.8 Å². The van der Waals surface area contributed by atoms with Crippen molar-refractivity contribution in [2.75, 3.05) is 33.3 Å². The second-order valence-corrected chi connectivity index (χ2v) is 9.29. The molecule has 2 saturated heterocycles. The highest BCUT2D eigenvalue weighted by molar-refractivity contribution is 5.80. The summed E-state index contributed by atoms with van der Waals surface area (Å²) in [6.07, 6.45) is 3.38. The maximum absolute atomic E-state index is 12.5. The van der Waals surface area contributed by atoms with Crippen LogP contribution in [0.5, 0.6) is 0 Å². The van der Waals surface area contributed by atoms with Gasteiger partial charge in [0, 0.05) is 25.7 Å². The van der Waals surface area contributed by atoms with Crippen molar-refractivity contribution >= 4 is 5.97 Å². The molecular weight excluding hydrogens is 324 g/mol. The van der Waals surface area contributed by atoms with Gasteiger partial charge in [-0.2, -0.15) is 0 Å². The van der Waals surface area contributed by atoms with Gasteiger partial charge in [0.25, 0.3) is 0 Å². The number of rotatable bonds is 4. The molecule has 4 rings (SSSR count). The monoisotopic (exact) mass is 356 g/mol. The van der Waals surface area contributed by atoms with E-state index in [4.69, 9.17) is 4.74 Å². The van der Waals surface area contributed by atoms with Gasteiger partial charge >= 0.3 is 5.97 Å². The van der Waals surface area contributed by atoms with Gasteiger partial charge < -0.3 is 4.74 Å². The Labute approximate surface area is 157 Å². The molecule has 1 aromatic rings. The fraction of sp³-hybridized carbons (Fsp3) is 0.682. The van der Waals surface area contributed by atoms with Crippen molar-refractivity contribution in [2.45, 2.75) is 45.7 Å². The number of hydrogen-bond donors (Lipinski definition) is 0. The Balaban J connectivity index is 1.36. The lowest BCUT2D eigenvalue weighted by molar-refractivity contribution is -0.174. The number of carbonyl (C=O) groups is 1. The molecule has 0 radical (unpaired) electrons. The second-order valence-electron chi connectivity index (χ2n) is 9.29. The summed E-state index contributed by atoms with van der Waals surface area (Å²) in [4.78, 5) is 17.7. The average molecular weight is 357 g/mol. The van der Waals surface area contributed by atoms with Crippen LogP contribution in [0.3, 0.4) is 0 Å². The van der Waals surface area contributed by atoms with E-state index in [0.29, 0.717) is 12.0 Å². The largest absolute Gasteiger partial charge is 0.469 e. The van der Waals surface area contributed by atoms with Crippen molar-refractivity contribution in [1.29, 1.82) is 0 Å². The van der Waals surface area contributed by atoms with Crippen LogP contribution >= 0.6 is 0 Å². The average Bonchev–Trinajstić information content (AvgIpc) is 2.98. The molecule has 1 aliphatic carbocycles. The normalized spacial score (nSPS) is 32.0. The summed E-state index contributed by atoms with van der Waals surface area (Å²) in [6.45, 7) is 9.93. The van der Waals surface area contributed by atoms with Gasteiger partial charge in [-0.05, 0) is 49.2 Å². The summed E-state index contributed by atoms with van der Waals surface area (Å²) in [6, 6.07) is 11.4. The van der Waals surface area contributed by atoms with Crippen LogP contribution in [0.15, 0.2) is 30.3 Å². The van der Waals surface area contributed by atoms with Gasteiger partial charge in [-0.25, -0.2) is 0 Å². The molecule has 2 atom stereocenters. The molecule has 3 aliphatic rings. The lowest BCUT2D eigenvalue weighted by Crippen LogP contribution is -2.57. The summed E-state index contributed by atoms with van der Waals surface area (Å²) in [7, 11) is 1.55. The molecule has 4 nitrogen and oxygen atoms in total. The third-order valence-electron chi connectivity index (χ3n) is 7.20. The van der Waals surface area contributed by atoms with Crippen LogP contribution in [0.2, 0.25) is 0 Å². The van der Waals surface area contributed by atoms with Crippen molar-refractivity contribution in [3.8, 4) is 0 Å². The molecule has 0 amide bonds. The van der Waals surface area contributed by atoms with Crippen molar-refractivity contribution in [2.24, 2.45) is 16.7 Å². The van der Waals surface area contributed by atoms with Gasteiger partial charge in [-0.15, -0.1) is 0 Å². The molecule has 0 spiro atoms. The SMILES string of the molecule is COC(=O)[C@@]12CN(C3CCN(Cc4ccccc4)CC3)C[C@@H]1C(C)(C)C2. The third kappa shape index (κ3) is 2.97. The summed E-state index contributed by atoms with van der Waals surface area (Å²) in [5.41, 5.74) is 1.42. The van der Waals surface area contributed by atoms with E-state index in [2.05, 4.69) is 54.0 Å². The van der Waals surface area contributed by atoms with Crippen LogP contribution in [0.25, 0.3) is 0 Å². The van der Waals surface area contributed by atoms with Gasteiger partial charge in [0.15, 0.2) is 0 Å². The second kappa shape index (κ2) is 6.65. The van der Waals surface area contributed by atoms with E-state index in [9.17, 15) is 4.79 Å². The van der Waals surface area contributed by atoms with Crippen LogP contribution in [0.1, 0.15) is 38.7 Å². The van der Waals surface area contributed by atoms with Gasteiger partial charge in [0.2, 0.25) is 0 Å². The van der Waals surface area contributed by atoms with Gasteiger partial charge in [-0.1, -0.05) is 44.2 Å². The molecule has 0 unspecified atom stereocenters. The quantitative estimate of drug-likeness (QED) is 0.776. The van der Waals surface area contributed by atoms with E-state index in [0.717, 1.165) is 39.1 Å². The van der Waals surface area contributed by atoms with Crippen molar-refractivity contribution in [3.05, 3.63) is 35.9 Å². The van der Waals surface area contributed by atoms with Crippen molar-refractivity contribution in [1.82, 2.24) is 9.80 Å². The predicted octanol–water partition coefficient (Wildman–Crippen LogP) is 3.17. The number of fused-ring (bicyclic) bond motifs is 1. The molecule has 1 saturated carbocycles. The van der Waals surface area contributed by atoms with Crippen molar-refractivity contribution in [3.63, 3.8) is 0 Å². The Morgan fingerprint density at radius 1 is 1.19 bits per heavy atom. The number of esters is 1. The van der Waals surface area contributed by atoms with E-state index < -0.39 is 0 Å². The van der Waals surface area contributed by atoms with E-state index >= 15 is 0 Å². The zero-order valence-corrected chi connectivity index (χ0v) is 16.4. The maximum Gasteiger partial charge on any atom is 0.313 e. The Bertz CT molecular complexity index is 651. The minimum absolute atomic E-state index is 0.0193. The summed E-state index contributed by atoms with van der Waals surface area (Å²) in [5.74, 6) is 0.468. The first-order valence-electron chi connectivity index (χ1n) is 10.0. The summed E-state index contributed by atoms with van der Waals surface area (Å²) in [5, 5.41) is 0. The van der Waals surface area contributed by atoms with Crippen LogP contribution in [0, 0.1) is 16.7 Å². The first-order valence-corrected chi connectivity index (χ1v) is 10.0. The highest BCUT2D eigenvalue weighted by atomic mass is 16.5. The molecule has 4 heteroatoms. The summed E-state index contributed by atoms with van der Waals surface area (Å²) < 4.78 is 5.20. The Kier molecular flexibility index (Phi) is 4.60. The number of carbonyl (C=O) groups excluding carboxylic acids is 1. The molecule has 0 N–H and O–H groups in total. The smallest absolute Gasteiger partial charge is 0.313 e. The number of ether oxygens (including phenoxy) is 1. The predicted molar refractivity (Wildman–Crippen MR) is 103 cm³/mol. The number of methoxy groups -OCH3 is 1. The van der Waals surface area contributed by atoms with Crippen LogP contribution in [0.4, 0.5) is 0 Å². The molecule has 0 bridgehead atoms. The first-order chi connectivity index (χ1) is 12.4. The van der Waals surface area contributed by atoms with E-state index in [-0.39, 0.29) is 16.8 Å². The minimum Gasteiger partial charge on any atom is -0.469 e. The van der Waals surface area contributed by atoms with Gasteiger partial charge in [-0.3, -0.25) is 14.6 Å². The molecule has 1 aromatic carbocycles. The number of nitrogens with zero attached hydrogens (tertiary/aromatic N) is 2. The van der Waals surface area contributed by atoms with E-state index in [1.165, 1.54) is 18.4 Å². The molecule has 0 aromatic heterocycles. The maximum atomic E-state index is 12.5. The molecular formula is C22H32N2O2. The zero-order chi connectivity index (χ0) is 18.4. The van der Waals surface area contributed by atoms with E-state index in [1.54, 1.807) is 7.11 Å². The van der Waals surface area contributed by atoms with E-state index in [1.807, 2.05) is 0 Å². The highest BCUT2D eigenvalue weighted by Crippen LogP contribution is 2.63. The van der Waals surface area contributed by atoms with Crippen LogP contribution in [-0.4, -0.2) is 55.1 Å². The minimum atomic E-state index is -0.237. The molecule has 2 heterocycles. The third-order valence-corrected chi connectivity index (χ3v) is 7.20. The fourth-order valence-corrected chi connectivity index (χ4v) is 5.97. The Morgan fingerprint density at radius 2 is 1.88 bits per heavy atom. The Hall–Kier alpha value is -1.39. The Morgan fingerprint density at radius 3 is 2.50 bits per heavy atom. The number of benzene rings is 1. The lowest BCUT2D eigenvalue weighted by Gasteiger charge is -2.54. The highest BCUT2D eigenvalue weighted by Gasteiger charge is 2.67. The standard InChI is InChI=1S/C22H32N2O2/c1-21(2)15-22(20(25)26-3)16-24(14-19(21)22)18-9-11-23(12-10-18)13-17-7-5-4-6-8-17/h4-8,18-19H,9-16H2,1-3H3/t19-,22+/m1/s1. The summed E-state index contributed by atoms with van der Waals surface area (Å²) >= 11 is 0. The molecule has 26 heavy (non-hydrogen) atoms. The first kappa shape index (κ1) is 18.0. The molecule has 2 aliphatic heterocycles. The zero-order valence-electron chi connectivity index (χ0n) is 16.4.